The molecule has 0 aromatic heterocycles. The molecule has 7 fully saturated rings. The molecule has 8 aliphatic rings. The smallest absolute Gasteiger partial charge is 0.336 e. The van der Waals surface area contributed by atoms with Crippen molar-refractivity contribution < 1.29 is 73.1 Å². The average Bonchev–Trinajstić information content (AvgIpc) is 4.02. The minimum Gasteiger partial charge on any atom is -0.462 e. The van der Waals surface area contributed by atoms with Gasteiger partial charge < -0.3 is 58.7 Å². The zero-order valence-corrected chi connectivity index (χ0v) is 31.1. The fraction of sp³-hybridized carbons (Fsp3) is 0.868. The van der Waals surface area contributed by atoms with E-state index in [-0.39, 0.29) is 60.1 Å². The molecule has 0 unspecified atom stereocenters. The van der Waals surface area contributed by atoms with Crippen molar-refractivity contribution in [2.24, 2.45) is 40.4 Å². The molecule has 15 heteroatoms. The van der Waals surface area contributed by atoms with Gasteiger partial charge in [0.15, 0.2) is 6.29 Å². The molecule has 4 aliphatic heterocycles. The van der Waals surface area contributed by atoms with Crippen LogP contribution < -0.4 is 0 Å². The number of carbonyl (C=O) groups is 3. The fourth-order valence-electron chi connectivity index (χ4n) is 12.3. The predicted octanol–water partition coefficient (Wildman–Crippen LogP) is 0.293. The minimum absolute atomic E-state index is 0.00657. The van der Waals surface area contributed by atoms with Crippen LogP contribution in [-0.2, 0) is 47.5 Å². The maximum absolute atomic E-state index is 13.5. The number of fused-ring (bicyclic) bond motifs is 9. The van der Waals surface area contributed by atoms with Crippen molar-refractivity contribution in [1.82, 2.24) is 0 Å². The van der Waals surface area contributed by atoms with Crippen molar-refractivity contribution in [2.45, 2.75) is 153 Å². The van der Waals surface area contributed by atoms with Gasteiger partial charge in [-0.15, -0.1) is 0 Å². The highest BCUT2D eigenvalue weighted by Crippen LogP contribution is 2.74. The largest absolute Gasteiger partial charge is 0.462 e. The third-order valence-corrected chi connectivity index (χ3v) is 15.2. The first kappa shape index (κ1) is 37.7. The van der Waals surface area contributed by atoms with Crippen molar-refractivity contribution >= 4 is 17.9 Å². The number of carbonyl (C=O) groups excluding carboxylic acids is 3. The van der Waals surface area contributed by atoms with E-state index in [4.69, 9.17) is 33.2 Å². The molecule has 0 aromatic rings. The zero-order chi connectivity index (χ0) is 38.1. The molecule has 4 aliphatic carbocycles. The van der Waals surface area contributed by atoms with Gasteiger partial charge in [-0.05, 0) is 55.8 Å². The van der Waals surface area contributed by atoms with E-state index < -0.39 is 96.1 Å². The molecule has 296 valence electrons. The van der Waals surface area contributed by atoms with E-state index in [1.165, 1.54) is 13.8 Å². The van der Waals surface area contributed by atoms with E-state index in [0.29, 0.717) is 19.3 Å². The normalized spacial score (nSPS) is 52.8. The van der Waals surface area contributed by atoms with Gasteiger partial charge in [0, 0.05) is 37.5 Å². The number of ether oxygens (including phenoxy) is 7. The predicted molar refractivity (Wildman–Crippen MR) is 178 cm³/mol. The zero-order valence-electron chi connectivity index (χ0n) is 31.1. The quantitative estimate of drug-likeness (QED) is 0.128. The molecular weight excluding hydrogens is 696 g/mol. The third kappa shape index (κ3) is 5.50. The third-order valence-electron chi connectivity index (χ3n) is 15.2. The van der Waals surface area contributed by atoms with Gasteiger partial charge in [-0.1, -0.05) is 26.3 Å². The Morgan fingerprint density at radius 1 is 0.962 bits per heavy atom. The van der Waals surface area contributed by atoms with E-state index in [2.05, 4.69) is 13.8 Å². The number of aliphatic hydroxyl groups is 5. The lowest BCUT2D eigenvalue weighted by molar-refractivity contribution is -0.299. The van der Waals surface area contributed by atoms with Crippen molar-refractivity contribution in [3.63, 3.8) is 0 Å². The number of cyclic esters (lactones) is 1. The first-order chi connectivity index (χ1) is 25.0. The van der Waals surface area contributed by atoms with Crippen LogP contribution in [0.25, 0.3) is 0 Å². The molecule has 0 radical (unpaired) electrons. The molecule has 4 heterocycles. The number of aliphatic hydroxyl groups excluding tert-OH is 4. The molecule has 0 amide bonds. The van der Waals surface area contributed by atoms with Crippen LogP contribution >= 0.6 is 0 Å². The second kappa shape index (κ2) is 12.9. The van der Waals surface area contributed by atoms with Crippen molar-refractivity contribution in [3.8, 4) is 0 Å². The molecule has 0 spiro atoms. The van der Waals surface area contributed by atoms with E-state index in [1.807, 2.05) is 13.8 Å². The summed E-state index contributed by atoms with van der Waals surface area (Å²) in [5.41, 5.74) is -1.70. The lowest BCUT2D eigenvalue weighted by Crippen LogP contribution is -2.72. The molecule has 15 nitrogen and oxygen atoms in total. The van der Waals surface area contributed by atoms with Crippen LogP contribution in [0.15, 0.2) is 11.1 Å². The second-order valence-electron chi connectivity index (χ2n) is 17.5. The minimum atomic E-state index is -1.61. The Kier molecular flexibility index (Phi) is 9.19. The Labute approximate surface area is 308 Å². The molecule has 53 heavy (non-hydrogen) atoms. The summed E-state index contributed by atoms with van der Waals surface area (Å²) in [5, 5.41) is 52.6. The van der Waals surface area contributed by atoms with Gasteiger partial charge in [0.1, 0.15) is 60.5 Å². The number of rotatable bonds is 8. The van der Waals surface area contributed by atoms with Gasteiger partial charge in [-0.3, -0.25) is 9.59 Å². The van der Waals surface area contributed by atoms with Crippen LogP contribution in [0, 0.1) is 40.4 Å². The van der Waals surface area contributed by atoms with Gasteiger partial charge in [0.2, 0.25) is 0 Å². The van der Waals surface area contributed by atoms with E-state index in [9.17, 15) is 39.9 Å². The van der Waals surface area contributed by atoms with E-state index in [0.717, 1.165) is 18.4 Å². The van der Waals surface area contributed by atoms with Crippen LogP contribution in [0.2, 0.25) is 0 Å². The number of esters is 3. The lowest BCUT2D eigenvalue weighted by atomic mass is 9.42. The molecule has 3 saturated heterocycles. The highest BCUT2D eigenvalue weighted by molar-refractivity contribution is 5.90. The molecule has 20 atom stereocenters. The van der Waals surface area contributed by atoms with Gasteiger partial charge >= 0.3 is 17.9 Å². The second-order valence-corrected chi connectivity index (χ2v) is 17.5. The van der Waals surface area contributed by atoms with Gasteiger partial charge in [-0.2, -0.15) is 0 Å². The van der Waals surface area contributed by atoms with Crippen LogP contribution in [0.1, 0.15) is 73.6 Å². The van der Waals surface area contributed by atoms with Crippen molar-refractivity contribution in [3.05, 3.63) is 11.1 Å². The molecule has 8 rings (SSSR count). The Hall–Kier alpha value is -2.21. The van der Waals surface area contributed by atoms with Crippen LogP contribution in [0.3, 0.4) is 0 Å². The monoisotopic (exact) mass is 750 g/mol. The molecule has 4 saturated carbocycles. The number of epoxide rings is 2. The summed E-state index contributed by atoms with van der Waals surface area (Å²) in [6.45, 7) is 10.0. The van der Waals surface area contributed by atoms with Crippen molar-refractivity contribution in [2.75, 3.05) is 13.2 Å². The summed E-state index contributed by atoms with van der Waals surface area (Å²) in [4.78, 5) is 38.8. The number of hydrogen-bond donors (Lipinski definition) is 5. The van der Waals surface area contributed by atoms with Gasteiger partial charge in [0.25, 0.3) is 0 Å². The summed E-state index contributed by atoms with van der Waals surface area (Å²) in [6, 6.07) is 0. The van der Waals surface area contributed by atoms with Gasteiger partial charge in [-0.25, -0.2) is 4.79 Å². The average molecular weight is 751 g/mol. The standard InChI is InChI=1S/C38H54O15/c1-14-9-22(51-34(45)18(14)13-47-35-29(44)28(43)27(42)24(12-39)52-35)15(2)19-7-8-20-26-21(10-25(36(19,20)5)48-16(3)40)37(6)32(49-17(4)41)30-23(50-30)11-38(37,46)33-31(26)53-33/h15,19-33,35,39,42-44,46H,7-13H2,1-6H3/t15-,19+,20-,21-,22+,23-,24+,25-,26-,27+,28-,29+,30-,31-,32-,33-,35+,36+,37-,38-/m0/s1. The maximum atomic E-state index is 13.5. The van der Waals surface area contributed by atoms with Gasteiger partial charge in [0.05, 0.1) is 31.0 Å². The van der Waals surface area contributed by atoms with E-state index in [1.54, 1.807) is 0 Å². The fourth-order valence-corrected chi connectivity index (χ4v) is 12.3. The SMILES string of the molecule is CC(=O)O[C@H]1C[C@H]2[C@@H]([C@@H]3O[C@@H]3[C@@]3(O)C[C@@H]4O[C@@H]4[C@H](OC(C)=O)[C@]23C)[C@@H]2CC[C@H]([C@H](C)[C@H]3CC(C)=C(CO[C@@H]4O[C@H](CO)[C@@H](O)[C@H](O)[C@H]4O)C(=O)O3)[C@@]12C. The molecule has 0 bridgehead atoms. The molecule has 0 aromatic carbocycles. The highest BCUT2D eigenvalue weighted by atomic mass is 16.7. The number of hydrogen-bond acceptors (Lipinski definition) is 15. The topological polar surface area (TPSA) is 224 Å². The molecular formula is C38H54O15. The Bertz CT molecular complexity index is 1550. The van der Waals surface area contributed by atoms with Crippen LogP contribution in [0.5, 0.6) is 0 Å². The summed E-state index contributed by atoms with van der Waals surface area (Å²) in [6.07, 6.45) is -7.17. The summed E-state index contributed by atoms with van der Waals surface area (Å²) in [5.74, 6) is -1.69. The summed E-state index contributed by atoms with van der Waals surface area (Å²) >= 11 is 0. The summed E-state index contributed by atoms with van der Waals surface area (Å²) in [7, 11) is 0. The lowest BCUT2D eigenvalue weighted by Gasteiger charge is -2.64. The summed E-state index contributed by atoms with van der Waals surface area (Å²) < 4.78 is 41.9. The van der Waals surface area contributed by atoms with Crippen molar-refractivity contribution in [1.29, 1.82) is 0 Å². The Morgan fingerprint density at radius 2 is 1.68 bits per heavy atom. The first-order valence-corrected chi connectivity index (χ1v) is 19.2. The highest BCUT2D eigenvalue weighted by Gasteiger charge is 2.83. The first-order valence-electron chi connectivity index (χ1n) is 19.2. The molecule has 5 N–H and O–H groups in total. The maximum Gasteiger partial charge on any atom is 0.336 e. The van der Waals surface area contributed by atoms with E-state index >= 15 is 0 Å². The van der Waals surface area contributed by atoms with Crippen LogP contribution in [-0.4, -0.2) is 136 Å². The van der Waals surface area contributed by atoms with Crippen LogP contribution in [0.4, 0.5) is 0 Å². The Morgan fingerprint density at radius 3 is 2.34 bits per heavy atom. The Balaban J connectivity index is 1.04.